The minimum Gasteiger partial charge on any atom is -0.390 e. The largest absolute Gasteiger partial charge is 0.390 e. The van der Waals surface area contributed by atoms with E-state index in [-0.39, 0.29) is 0 Å². The first kappa shape index (κ1) is 27.6. The van der Waals surface area contributed by atoms with Gasteiger partial charge in [0.2, 0.25) is 0 Å². The van der Waals surface area contributed by atoms with Crippen LogP contribution in [0.25, 0.3) is 0 Å². The van der Waals surface area contributed by atoms with Crippen molar-refractivity contribution >= 4 is 0 Å². The fourth-order valence-corrected chi connectivity index (χ4v) is 3.12. The molecule has 0 aromatic carbocycles. The van der Waals surface area contributed by atoms with Crippen LogP contribution >= 0.6 is 0 Å². The topological polar surface area (TPSA) is 77.4 Å². The van der Waals surface area contributed by atoms with Crippen molar-refractivity contribution in [3.63, 3.8) is 0 Å². The molecule has 0 atom stereocenters. The van der Waals surface area contributed by atoms with E-state index in [0.717, 1.165) is 26.2 Å². The summed E-state index contributed by atoms with van der Waals surface area (Å²) < 4.78 is 0. The van der Waals surface area contributed by atoms with Gasteiger partial charge in [-0.2, -0.15) is 0 Å². The smallest absolute Gasteiger partial charge is 0.0280 e. The van der Waals surface area contributed by atoms with E-state index in [1.165, 1.54) is 70.6 Å². The highest BCUT2D eigenvalue weighted by Gasteiger charge is 1.95. The summed E-state index contributed by atoms with van der Waals surface area (Å²) >= 11 is 0. The van der Waals surface area contributed by atoms with Crippen LogP contribution in [0.4, 0.5) is 0 Å². The van der Waals surface area contributed by atoms with Crippen LogP contribution in [0.1, 0.15) is 84.5 Å². The average Bonchev–Trinajstić information content (AvgIpc) is 2.70. The first-order valence-electron chi connectivity index (χ1n) is 11.8. The van der Waals surface area contributed by atoms with Gasteiger partial charge in [0.1, 0.15) is 0 Å². The van der Waals surface area contributed by atoms with E-state index in [2.05, 4.69) is 59.6 Å². The van der Waals surface area contributed by atoms with E-state index in [1.54, 1.807) is 6.20 Å². The van der Waals surface area contributed by atoms with Gasteiger partial charge in [-0.05, 0) is 25.8 Å². The van der Waals surface area contributed by atoms with Crippen LogP contribution in [0, 0.1) is 0 Å². The van der Waals surface area contributed by atoms with Crippen LogP contribution in [0.5, 0.6) is 0 Å². The van der Waals surface area contributed by atoms with Gasteiger partial charge in [-0.25, -0.2) is 0 Å². The fraction of sp³-hybridized carbons (Fsp3) is 0.826. The lowest BCUT2D eigenvalue weighted by molar-refractivity contribution is 0.426. The molecule has 29 heavy (non-hydrogen) atoms. The van der Waals surface area contributed by atoms with Crippen LogP contribution < -0.4 is 27.2 Å². The van der Waals surface area contributed by atoms with Crippen molar-refractivity contribution in [3.8, 4) is 0 Å². The Morgan fingerprint density at radius 3 is 1.72 bits per heavy atom. The quantitative estimate of drug-likeness (QED) is 0.106. The van der Waals surface area contributed by atoms with Gasteiger partial charge in [-0.1, -0.05) is 65.2 Å². The maximum Gasteiger partial charge on any atom is 0.0280 e. The highest BCUT2D eigenvalue weighted by atomic mass is 15.2. The molecule has 0 saturated carbocycles. The molecule has 0 unspecified atom stereocenters. The second-order valence-electron chi connectivity index (χ2n) is 8.20. The Morgan fingerprint density at radius 1 is 0.690 bits per heavy atom. The summed E-state index contributed by atoms with van der Waals surface area (Å²) in [5, 5.41) is 10.1. The van der Waals surface area contributed by atoms with Crippen LogP contribution in [-0.2, 0) is 0 Å². The van der Waals surface area contributed by atoms with Crippen molar-refractivity contribution < 1.29 is 0 Å². The molecule has 0 amide bonds. The Hall–Kier alpha value is -1.40. The Balaban J connectivity index is 3.20. The summed E-state index contributed by atoms with van der Waals surface area (Å²) in [6, 6.07) is 0.582. The predicted molar refractivity (Wildman–Crippen MR) is 128 cm³/mol. The van der Waals surface area contributed by atoms with Gasteiger partial charge in [0.15, 0.2) is 0 Å². The second-order valence-corrected chi connectivity index (χ2v) is 8.20. The molecule has 0 spiro atoms. The molecular weight excluding hydrogens is 360 g/mol. The van der Waals surface area contributed by atoms with Gasteiger partial charge in [-0.3, -0.25) is 5.84 Å². The molecule has 0 fully saturated rings. The number of nitrogens with two attached hydrogens (primary N) is 1. The summed E-state index contributed by atoms with van der Waals surface area (Å²) in [5.74, 6) is 5.14. The average molecular weight is 411 g/mol. The van der Waals surface area contributed by atoms with Crippen LogP contribution in [0.2, 0.25) is 0 Å². The van der Waals surface area contributed by atoms with E-state index >= 15 is 0 Å². The van der Waals surface area contributed by atoms with Crippen molar-refractivity contribution in [2.24, 2.45) is 5.84 Å². The molecule has 0 aliphatic carbocycles. The first-order valence-corrected chi connectivity index (χ1v) is 11.8. The molecule has 0 aromatic rings. The molecule has 6 heteroatoms. The number of nitrogens with one attached hydrogen (secondary N) is 4. The molecule has 0 aliphatic heterocycles. The van der Waals surface area contributed by atoms with Crippen molar-refractivity contribution in [1.29, 1.82) is 0 Å². The Morgan fingerprint density at radius 2 is 1.21 bits per heavy atom. The van der Waals surface area contributed by atoms with Gasteiger partial charge < -0.3 is 26.3 Å². The van der Waals surface area contributed by atoms with E-state index in [9.17, 15) is 0 Å². The third-order valence-corrected chi connectivity index (χ3v) is 4.88. The molecule has 0 aliphatic rings. The number of hydrazine groups is 1. The molecule has 0 bridgehead atoms. The van der Waals surface area contributed by atoms with E-state index in [4.69, 9.17) is 5.84 Å². The summed E-state index contributed by atoms with van der Waals surface area (Å²) in [7, 11) is 2.14. The summed E-state index contributed by atoms with van der Waals surface area (Å²) in [6.07, 6.45) is 22.5. The van der Waals surface area contributed by atoms with Gasteiger partial charge in [0, 0.05) is 57.5 Å². The molecule has 0 radical (unpaired) electrons. The maximum atomic E-state index is 5.14. The number of unbranched alkanes of at least 4 members (excludes halogenated alkanes) is 9. The van der Waals surface area contributed by atoms with Crippen molar-refractivity contribution in [2.75, 3.05) is 33.2 Å². The van der Waals surface area contributed by atoms with Gasteiger partial charge in [0.25, 0.3) is 0 Å². The second kappa shape index (κ2) is 22.9. The Kier molecular flexibility index (Phi) is 21.8. The maximum absolute atomic E-state index is 5.14. The monoisotopic (exact) mass is 410 g/mol. The number of hydrogen-bond acceptors (Lipinski definition) is 6. The van der Waals surface area contributed by atoms with Crippen molar-refractivity contribution in [1.82, 2.24) is 26.3 Å². The number of hydrogen-bond donors (Lipinski definition) is 5. The third-order valence-electron chi connectivity index (χ3n) is 4.88. The lowest BCUT2D eigenvalue weighted by Gasteiger charge is -2.15. The van der Waals surface area contributed by atoms with Crippen molar-refractivity contribution in [2.45, 2.75) is 90.5 Å². The first-order chi connectivity index (χ1) is 14.2. The molecule has 0 rings (SSSR count). The third kappa shape index (κ3) is 24.6. The minimum absolute atomic E-state index is 0.582. The lowest BCUT2D eigenvalue weighted by Crippen LogP contribution is -2.26. The van der Waals surface area contributed by atoms with E-state index in [1.807, 2.05) is 6.20 Å². The fourth-order valence-electron chi connectivity index (χ4n) is 3.12. The molecule has 0 aromatic heterocycles. The highest BCUT2D eigenvalue weighted by Crippen LogP contribution is 2.10. The standard InChI is InChI=1S/C23H50N6/c1-23(2)27-17-14-21-29(3)22-20-26-16-13-11-9-7-5-4-6-8-10-12-15-25-18-19-28-24/h18-20,22-23,25-28H,4-17,21,24H2,1-3H3. The van der Waals surface area contributed by atoms with Crippen LogP contribution in [0.3, 0.4) is 0 Å². The van der Waals surface area contributed by atoms with E-state index < -0.39 is 0 Å². The number of rotatable bonds is 22. The zero-order chi connectivity index (χ0) is 21.4. The van der Waals surface area contributed by atoms with Gasteiger partial charge in [0.05, 0.1) is 0 Å². The Bertz CT molecular complexity index is 370. The number of nitrogens with zero attached hydrogens (tertiary/aromatic N) is 1. The molecule has 0 saturated heterocycles. The zero-order valence-electron chi connectivity index (χ0n) is 19.5. The molecule has 0 heterocycles. The van der Waals surface area contributed by atoms with E-state index in [0.29, 0.717) is 6.04 Å². The summed E-state index contributed by atoms with van der Waals surface area (Å²) in [6.45, 7) is 8.69. The molecule has 6 nitrogen and oxygen atoms in total. The molecule has 6 N–H and O–H groups in total. The summed E-state index contributed by atoms with van der Waals surface area (Å²) in [5.41, 5.74) is 2.48. The van der Waals surface area contributed by atoms with Crippen LogP contribution in [-0.4, -0.2) is 44.2 Å². The molecule has 172 valence electrons. The SMILES string of the molecule is CC(C)NCCCN(C)C=CNCCCCCCCCCCCCNC=CNN. The predicted octanol–water partition coefficient (Wildman–Crippen LogP) is 3.79. The lowest BCUT2D eigenvalue weighted by atomic mass is 10.1. The summed E-state index contributed by atoms with van der Waals surface area (Å²) in [4.78, 5) is 2.25. The Labute approximate surface area is 181 Å². The van der Waals surface area contributed by atoms with Crippen molar-refractivity contribution in [3.05, 3.63) is 24.8 Å². The van der Waals surface area contributed by atoms with Gasteiger partial charge in [-0.15, -0.1) is 0 Å². The minimum atomic E-state index is 0.582. The normalized spacial score (nSPS) is 11.6. The van der Waals surface area contributed by atoms with Gasteiger partial charge >= 0.3 is 0 Å². The highest BCUT2D eigenvalue weighted by molar-refractivity contribution is 4.78. The van der Waals surface area contributed by atoms with Crippen LogP contribution in [0.15, 0.2) is 24.8 Å². The molecular formula is C23H50N6. The zero-order valence-corrected chi connectivity index (χ0v) is 19.5.